The van der Waals surface area contributed by atoms with Crippen LogP contribution in [0.2, 0.25) is 5.02 Å². The molecule has 0 radical (unpaired) electrons. The monoisotopic (exact) mass is 264 g/mol. The summed E-state index contributed by atoms with van der Waals surface area (Å²) in [5, 5.41) is 0.723. The van der Waals surface area contributed by atoms with E-state index in [9.17, 15) is 0 Å². The van der Waals surface area contributed by atoms with Crippen LogP contribution in [0.15, 0.2) is 12.1 Å². The van der Waals surface area contributed by atoms with Gasteiger partial charge in [0.15, 0.2) is 11.5 Å². The molecule has 15 heavy (non-hydrogen) atoms. The minimum Gasteiger partial charge on any atom is -0.454 e. The first-order valence-corrected chi connectivity index (χ1v) is 6.59. The van der Waals surface area contributed by atoms with E-state index in [0.29, 0.717) is 5.88 Å². The lowest BCUT2D eigenvalue weighted by atomic mass is 10.2. The zero-order valence-corrected chi connectivity index (χ0v) is 10.3. The summed E-state index contributed by atoms with van der Waals surface area (Å²) in [6, 6.07) is 3.74. The minimum atomic E-state index is 0.282. The molecule has 0 aromatic heterocycles. The Morgan fingerprint density at radius 2 is 2.00 bits per heavy atom. The van der Waals surface area contributed by atoms with Gasteiger partial charge in [-0.3, -0.25) is 0 Å². The molecule has 2 rings (SSSR count). The number of alkyl halides is 1. The minimum absolute atomic E-state index is 0.282. The first-order valence-electron chi connectivity index (χ1n) is 4.53. The van der Waals surface area contributed by atoms with E-state index in [0.717, 1.165) is 33.6 Å². The maximum atomic E-state index is 6.10. The average Bonchev–Trinajstić information content (AvgIpc) is 2.65. The van der Waals surface area contributed by atoms with Crippen LogP contribution in [0.1, 0.15) is 5.56 Å². The van der Waals surface area contributed by atoms with Crippen LogP contribution in [0, 0.1) is 0 Å². The smallest absolute Gasteiger partial charge is 0.231 e. The highest BCUT2D eigenvalue weighted by Gasteiger charge is 2.16. The van der Waals surface area contributed by atoms with Gasteiger partial charge < -0.3 is 9.47 Å². The summed E-state index contributed by atoms with van der Waals surface area (Å²) < 4.78 is 10.5. The van der Waals surface area contributed by atoms with Crippen molar-refractivity contribution in [3.8, 4) is 11.5 Å². The van der Waals surface area contributed by atoms with Gasteiger partial charge in [0.05, 0.1) is 0 Å². The van der Waals surface area contributed by atoms with Crippen molar-refractivity contribution in [3.63, 3.8) is 0 Å². The Labute approximate surface area is 103 Å². The van der Waals surface area contributed by atoms with Gasteiger partial charge in [-0.15, -0.1) is 11.6 Å². The molecule has 1 aliphatic rings. The fourth-order valence-corrected chi connectivity index (χ4v) is 2.65. The summed E-state index contributed by atoms with van der Waals surface area (Å²) in [7, 11) is 0. The Hall–Kier alpha value is -0.250. The van der Waals surface area contributed by atoms with Gasteiger partial charge in [0.25, 0.3) is 0 Å². The van der Waals surface area contributed by atoms with Gasteiger partial charge in [-0.05, 0) is 11.6 Å². The number of ether oxygens (including phenoxy) is 2. The van der Waals surface area contributed by atoms with E-state index in [-0.39, 0.29) is 6.79 Å². The van der Waals surface area contributed by atoms with Gasteiger partial charge in [0.2, 0.25) is 6.79 Å². The molecule has 0 bridgehead atoms. The average molecular weight is 265 g/mol. The molecule has 1 heterocycles. The predicted octanol–water partition coefficient (Wildman–Crippen LogP) is 3.54. The lowest BCUT2D eigenvalue weighted by Gasteiger charge is -2.05. The van der Waals surface area contributed by atoms with E-state index in [1.54, 1.807) is 17.8 Å². The van der Waals surface area contributed by atoms with Gasteiger partial charge >= 0.3 is 0 Å². The standard InChI is InChI=1S/C10H10Cl2O2S/c11-1-2-15-5-7-3-9-10(4-8(7)12)14-6-13-9/h3-4H,1-2,5-6H2. The number of hydrogen-bond donors (Lipinski definition) is 0. The number of halogens is 2. The third-order valence-electron chi connectivity index (χ3n) is 2.02. The quantitative estimate of drug-likeness (QED) is 0.612. The molecule has 1 aromatic rings. The number of benzene rings is 1. The number of hydrogen-bond acceptors (Lipinski definition) is 3. The highest BCUT2D eigenvalue weighted by Crippen LogP contribution is 2.37. The van der Waals surface area contributed by atoms with Crippen LogP contribution in [0.4, 0.5) is 0 Å². The Bertz CT molecular complexity index is 358. The van der Waals surface area contributed by atoms with Crippen LogP contribution in [-0.4, -0.2) is 18.4 Å². The molecule has 0 unspecified atom stereocenters. The lowest BCUT2D eigenvalue weighted by molar-refractivity contribution is 0.174. The van der Waals surface area contributed by atoms with Crippen molar-refractivity contribution in [2.24, 2.45) is 0 Å². The van der Waals surface area contributed by atoms with E-state index >= 15 is 0 Å². The maximum Gasteiger partial charge on any atom is 0.231 e. The largest absolute Gasteiger partial charge is 0.454 e. The number of thioether (sulfide) groups is 1. The summed E-state index contributed by atoms with van der Waals surface area (Å²) in [6.07, 6.45) is 0. The molecule has 1 aromatic carbocycles. The third kappa shape index (κ3) is 2.65. The van der Waals surface area contributed by atoms with E-state index < -0.39 is 0 Å². The Morgan fingerprint density at radius 3 is 2.73 bits per heavy atom. The second-order valence-corrected chi connectivity index (χ2v) is 4.93. The van der Waals surface area contributed by atoms with Crippen LogP contribution in [0.5, 0.6) is 11.5 Å². The summed E-state index contributed by atoms with van der Waals surface area (Å²) in [5.74, 6) is 3.94. The van der Waals surface area contributed by atoms with Crippen molar-refractivity contribution in [2.45, 2.75) is 5.75 Å². The molecule has 0 N–H and O–H groups in total. The predicted molar refractivity (Wildman–Crippen MR) is 64.5 cm³/mol. The first-order chi connectivity index (χ1) is 7.31. The summed E-state index contributed by atoms with van der Waals surface area (Å²) >= 11 is 13.5. The second-order valence-electron chi connectivity index (χ2n) is 3.04. The molecular formula is C10H10Cl2O2S. The third-order valence-corrected chi connectivity index (χ3v) is 3.79. The fraction of sp³-hybridized carbons (Fsp3) is 0.400. The fourth-order valence-electron chi connectivity index (χ4n) is 1.31. The zero-order chi connectivity index (χ0) is 10.7. The molecule has 1 aliphatic heterocycles. The second kappa shape index (κ2) is 5.19. The van der Waals surface area contributed by atoms with Crippen molar-refractivity contribution < 1.29 is 9.47 Å². The van der Waals surface area contributed by atoms with Crippen molar-refractivity contribution in [1.29, 1.82) is 0 Å². The summed E-state index contributed by atoms with van der Waals surface area (Å²) in [4.78, 5) is 0. The van der Waals surface area contributed by atoms with E-state index in [1.807, 2.05) is 6.07 Å². The molecule has 0 spiro atoms. The van der Waals surface area contributed by atoms with Gasteiger partial charge in [0, 0.05) is 28.5 Å². The molecule has 0 saturated heterocycles. The van der Waals surface area contributed by atoms with Crippen LogP contribution < -0.4 is 9.47 Å². The van der Waals surface area contributed by atoms with Crippen molar-refractivity contribution in [3.05, 3.63) is 22.7 Å². The van der Waals surface area contributed by atoms with Crippen molar-refractivity contribution in [1.82, 2.24) is 0 Å². The van der Waals surface area contributed by atoms with Crippen LogP contribution in [0.25, 0.3) is 0 Å². The molecule has 0 aliphatic carbocycles. The normalized spacial score (nSPS) is 13.2. The van der Waals surface area contributed by atoms with E-state index in [1.165, 1.54) is 0 Å². The van der Waals surface area contributed by atoms with Gasteiger partial charge in [-0.2, -0.15) is 11.8 Å². The summed E-state index contributed by atoms with van der Waals surface area (Å²) in [5.41, 5.74) is 1.07. The van der Waals surface area contributed by atoms with Crippen molar-refractivity contribution in [2.75, 3.05) is 18.4 Å². The molecule has 0 atom stereocenters. The van der Waals surface area contributed by atoms with Crippen LogP contribution in [0.3, 0.4) is 0 Å². The Morgan fingerprint density at radius 1 is 1.27 bits per heavy atom. The molecule has 0 saturated carbocycles. The van der Waals surface area contributed by atoms with Gasteiger partial charge in [-0.25, -0.2) is 0 Å². The molecule has 0 amide bonds. The number of fused-ring (bicyclic) bond motifs is 1. The maximum absolute atomic E-state index is 6.10. The molecule has 0 fully saturated rings. The molecular weight excluding hydrogens is 255 g/mol. The Balaban J connectivity index is 2.10. The molecule has 5 heteroatoms. The van der Waals surface area contributed by atoms with Crippen LogP contribution in [-0.2, 0) is 5.75 Å². The highest BCUT2D eigenvalue weighted by molar-refractivity contribution is 7.98. The first kappa shape index (κ1) is 11.2. The number of rotatable bonds is 4. The highest BCUT2D eigenvalue weighted by atomic mass is 35.5. The Kier molecular flexibility index (Phi) is 3.89. The molecule has 82 valence electrons. The van der Waals surface area contributed by atoms with E-state index in [4.69, 9.17) is 32.7 Å². The van der Waals surface area contributed by atoms with Gasteiger partial charge in [0.1, 0.15) is 0 Å². The van der Waals surface area contributed by atoms with E-state index in [2.05, 4.69) is 0 Å². The summed E-state index contributed by atoms with van der Waals surface area (Å²) in [6.45, 7) is 0.282. The topological polar surface area (TPSA) is 18.5 Å². The molecule has 2 nitrogen and oxygen atoms in total. The van der Waals surface area contributed by atoms with Gasteiger partial charge in [-0.1, -0.05) is 11.6 Å². The zero-order valence-electron chi connectivity index (χ0n) is 7.96. The van der Waals surface area contributed by atoms with Crippen LogP contribution >= 0.6 is 35.0 Å². The SMILES string of the molecule is ClCCSCc1cc2c(cc1Cl)OCO2. The lowest BCUT2D eigenvalue weighted by Crippen LogP contribution is -1.92. The van der Waals surface area contributed by atoms with Crippen molar-refractivity contribution >= 4 is 35.0 Å².